The van der Waals surface area contributed by atoms with Gasteiger partial charge in [-0.25, -0.2) is 0 Å². The van der Waals surface area contributed by atoms with Crippen molar-refractivity contribution in [1.29, 1.82) is 0 Å². The van der Waals surface area contributed by atoms with Crippen molar-refractivity contribution in [3.05, 3.63) is 0 Å². The van der Waals surface area contributed by atoms with E-state index in [1.807, 2.05) is 27.7 Å². The molecule has 0 aromatic rings. The van der Waals surface area contributed by atoms with Crippen molar-refractivity contribution < 1.29 is 4.79 Å². The van der Waals surface area contributed by atoms with Crippen molar-refractivity contribution in [2.75, 3.05) is 39.8 Å². The molecular formula is C19H38N2O. The Morgan fingerprint density at radius 3 is 1.95 bits per heavy atom. The summed E-state index contributed by atoms with van der Waals surface area (Å²) >= 11 is 0. The summed E-state index contributed by atoms with van der Waals surface area (Å²) in [7, 11) is 2.23. The molecule has 2 fully saturated rings. The quantitative estimate of drug-likeness (QED) is 0.774. The second kappa shape index (κ2) is 10.4. The first-order valence-corrected chi connectivity index (χ1v) is 9.48. The molecule has 130 valence electrons. The van der Waals surface area contributed by atoms with E-state index in [0.717, 1.165) is 12.3 Å². The molecule has 0 bridgehead atoms. The molecule has 3 nitrogen and oxygen atoms in total. The SMILES string of the molecule is CC.CC(C)C(=O)CC1CCN(CC2CCN(C)CC2)CC1. The van der Waals surface area contributed by atoms with Gasteiger partial charge in [-0.1, -0.05) is 27.7 Å². The molecule has 2 heterocycles. The average Bonchev–Trinajstić information content (AvgIpc) is 2.53. The number of hydrogen-bond acceptors (Lipinski definition) is 3. The van der Waals surface area contributed by atoms with Gasteiger partial charge in [0.1, 0.15) is 5.78 Å². The Kier molecular flexibility index (Phi) is 9.27. The second-order valence-electron chi connectivity index (χ2n) is 7.32. The Bertz CT molecular complexity index is 301. The van der Waals surface area contributed by atoms with Gasteiger partial charge in [-0.05, 0) is 70.7 Å². The van der Waals surface area contributed by atoms with E-state index in [4.69, 9.17) is 0 Å². The van der Waals surface area contributed by atoms with E-state index in [1.54, 1.807) is 0 Å². The van der Waals surface area contributed by atoms with Crippen molar-refractivity contribution in [1.82, 2.24) is 9.80 Å². The predicted octanol–water partition coefficient (Wildman–Crippen LogP) is 3.68. The normalized spacial score (nSPS) is 22.5. The molecule has 0 saturated carbocycles. The molecule has 2 aliphatic heterocycles. The van der Waals surface area contributed by atoms with Crippen molar-refractivity contribution >= 4 is 5.78 Å². The zero-order valence-corrected chi connectivity index (χ0v) is 15.6. The van der Waals surface area contributed by atoms with Gasteiger partial charge in [0.15, 0.2) is 0 Å². The molecule has 0 aromatic carbocycles. The van der Waals surface area contributed by atoms with Crippen LogP contribution < -0.4 is 0 Å². The maximum atomic E-state index is 11.8. The lowest BCUT2D eigenvalue weighted by Crippen LogP contribution is -2.41. The minimum atomic E-state index is 0.215. The summed E-state index contributed by atoms with van der Waals surface area (Å²) in [5.41, 5.74) is 0. The van der Waals surface area contributed by atoms with Crippen LogP contribution in [0.1, 0.15) is 59.8 Å². The van der Waals surface area contributed by atoms with Crippen molar-refractivity contribution in [3.63, 3.8) is 0 Å². The number of rotatable bonds is 5. The summed E-state index contributed by atoms with van der Waals surface area (Å²) < 4.78 is 0. The van der Waals surface area contributed by atoms with Crippen LogP contribution in [0.25, 0.3) is 0 Å². The number of carbonyl (C=O) groups excluding carboxylic acids is 1. The van der Waals surface area contributed by atoms with Crippen LogP contribution in [0.15, 0.2) is 0 Å². The Morgan fingerprint density at radius 1 is 0.955 bits per heavy atom. The number of Topliss-reactive ketones (excluding diaryl/α,β-unsaturated/α-hetero) is 1. The smallest absolute Gasteiger partial charge is 0.135 e. The summed E-state index contributed by atoms with van der Waals surface area (Å²) in [6, 6.07) is 0. The molecule has 3 heteroatoms. The van der Waals surface area contributed by atoms with Gasteiger partial charge in [-0.15, -0.1) is 0 Å². The van der Waals surface area contributed by atoms with E-state index in [9.17, 15) is 4.79 Å². The van der Waals surface area contributed by atoms with Crippen LogP contribution >= 0.6 is 0 Å². The van der Waals surface area contributed by atoms with Gasteiger partial charge in [0.2, 0.25) is 0 Å². The van der Waals surface area contributed by atoms with Crippen molar-refractivity contribution in [2.24, 2.45) is 17.8 Å². The summed E-state index contributed by atoms with van der Waals surface area (Å²) in [6.45, 7) is 14.3. The average molecular weight is 311 g/mol. The second-order valence-corrected chi connectivity index (χ2v) is 7.32. The van der Waals surface area contributed by atoms with Gasteiger partial charge in [-0.3, -0.25) is 4.79 Å². The van der Waals surface area contributed by atoms with Crippen LogP contribution in [0.4, 0.5) is 0 Å². The van der Waals surface area contributed by atoms with Crippen molar-refractivity contribution in [3.8, 4) is 0 Å². The van der Waals surface area contributed by atoms with Crippen LogP contribution in [0, 0.1) is 17.8 Å². The van der Waals surface area contributed by atoms with Crippen molar-refractivity contribution in [2.45, 2.75) is 59.8 Å². The number of piperidine rings is 2. The molecule has 0 unspecified atom stereocenters. The van der Waals surface area contributed by atoms with E-state index in [2.05, 4.69) is 16.8 Å². The largest absolute Gasteiger partial charge is 0.306 e. The monoisotopic (exact) mass is 310 g/mol. The molecule has 22 heavy (non-hydrogen) atoms. The third-order valence-corrected chi connectivity index (χ3v) is 5.20. The van der Waals surface area contributed by atoms with Gasteiger partial charge in [0.25, 0.3) is 0 Å². The highest BCUT2D eigenvalue weighted by atomic mass is 16.1. The Morgan fingerprint density at radius 2 is 1.45 bits per heavy atom. The topological polar surface area (TPSA) is 23.6 Å². The molecule has 0 atom stereocenters. The van der Waals surface area contributed by atoms with E-state index in [-0.39, 0.29) is 5.92 Å². The number of hydrogen-bond donors (Lipinski definition) is 0. The van der Waals surface area contributed by atoms with E-state index < -0.39 is 0 Å². The highest BCUT2D eigenvalue weighted by Crippen LogP contribution is 2.24. The lowest BCUT2D eigenvalue weighted by molar-refractivity contribution is -0.123. The zero-order valence-electron chi connectivity index (χ0n) is 15.6. The Balaban J connectivity index is 0.00000116. The van der Waals surface area contributed by atoms with Crippen LogP contribution in [0.2, 0.25) is 0 Å². The number of carbonyl (C=O) groups is 1. The van der Waals surface area contributed by atoms with Gasteiger partial charge >= 0.3 is 0 Å². The maximum Gasteiger partial charge on any atom is 0.135 e. The fourth-order valence-electron chi connectivity index (χ4n) is 3.50. The predicted molar refractivity (Wildman–Crippen MR) is 95.2 cm³/mol. The molecule has 0 radical (unpaired) electrons. The lowest BCUT2D eigenvalue weighted by Gasteiger charge is -2.36. The molecule has 0 aromatic heterocycles. The molecule has 0 N–H and O–H groups in total. The lowest BCUT2D eigenvalue weighted by atomic mass is 9.88. The van der Waals surface area contributed by atoms with Crippen LogP contribution in [-0.4, -0.2) is 55.4 Å². The van der Waals surface area contributed by atoms with Gasteiger partial charge < -0.3 is 9.80 Å². The minimum Gasteiger partial charge on any atom is -0.306 e. The molecular weight excluding hydrogens is 272 g/mol. The molecule has 0 amide bonds. The fraction of sp³-hybridized carbons (Fsp3) is 0.947. The summed E-state index contributed by atoms with van der Waals surface area (Å²) in [6.07, 6.45) is 6.00. The van der Waals surface area contributed by atoms with Crippen LogP contribution in [0.3, 0.4) is 0 Å². The summed E-state index contributed by atoms with van der Waals surface area (Å²) in [5.74, 6) is 2.23. The fourth-order valence-corrected chi connectivity index (χ4v) is 3.50. The van der Waals surface area contributed by atoms with Gasteiger partial charge in [-0.2, -0.15) is 0 Å². The molecule has 2 aliphatic rings. The number of nitrogens with zero attached hydrogens (tertiary/aromatic N) is 2. The molecule has 0 spiro atoms. The third-order valence-electron chi connectivity index (χ3n) is 5.20. The Hall–Kier alpha value is -0.410. The standard InChI is InChI=1S/C17H32N2O.C2H6/c1-14(2)17(20)12-15-6-10-19(11-7-15)13-16-4-8-18(3)9-5-16;1-2/h14-16H,4-13H2,1-3H3;1-2H3. The number of ketones is 1. The first kappa shape index (κ1) is 19.6. The molecule has 2 rings (SSSR count). The first-order chi connectivity index (χ1) is 10.5. The van der Waals surface area contributed by atoms with Crippen LogP contribution in [0.5, 0.6) is 0 Å². The van der Waals surface area contributed by atoms with Gasteiger partial charge in [0, 0.05) is 18.9 Å². The number of likely N-dealkylation sites (tertiary alicyclic amines) is 2. The zero-order chi connectivity index (χ0) is 16.5. The van der Waals surface area contributed by atoms with E-state index in [1.165, 1.54) is 58.4 Å². The van der Waals surface area contributed by atoms with E-state index >= 15 is 0 Å². The minimum absolute atomic E-state index is 0.215. The Labute approximate surface area is 138 Å². The maximum absolute atomic E-state index is 11.8. The van der Waals surface area contributed by atoms with Crippen LogP contribution in [-0.2, 0) is 4.79 Å². The molecule has 2 saturated heterocycles. The highest BCUT2D eigenvalue weighted by Gasteiger charge is 2.25. The first-order valence-electron chi connectivity index (χ1n) is 9.48. The van der Waals surface area contributed by atoms with Gasteiger partial charge in [0.05, 0.1) is 0 Å². The molecule has 0 aliphatic carbocycles. The van der Waals surface area contributed by atoms with E-state index in [0.29, 0.717) is 11.7 Å². The summed E-state index contributed by atoms with van der Waals surface area (Å²) in [5, 5.41) is 0. The highest BCUT2D eigenvalue weighted by molar-refractivity contribution is 5.80. The third kappa shape index (κ3) is 6.78. The summed E-state index contributed by atoms with van der Waals surface area (Å²) in [4.78, 5) is 16.9.